The van der Waals surface area contributed by atoms with Crippen molar-refractivity contribution in [3.8, 4) is 11.8 Å². The minimum Gasteiger partial charge on any atom is -0.367 e. The molecule has 3 nitrogen and oxygen atoms in total. The largest absolute Gasteiger partial charge is 0.418 e. The van der Waals surface area contributed by atoms with Crippen LogP contribution in [0.25, 0.3) is 0 Å². The van der Waals surface area contributed by atoms with Crippen LogP contribution in [-0.4, -0.2) is 37.0 Å². The molecule has 0 aliphatic carbocycles. The third kappa shape index (κ3) is 4.76. The van der Waals surface area contributed by atoms with E-state index in [0.29, 0.717) is 5.56 Å². The molecule has 0 unspecified atom stereocenters. The van der Waals surface area contributed by atoms with Crippen molar-refractivity contribution < 1.29 is 22.4 Å². The average molecular weight is 411 g/mol. The highest BCUT2D eigenvalue weighted by molar-refractivity contribution is 6.30. The molecular formula is C20H15ClF4N2O. The van der Waals surface area contributed by atoms with E-state index >= 15 is 0 Å². The zero-order valence-electron chi connectivity index (χ0n) is 14.6. The molecule has 1 saturated heterocycles. The highest BCUT2D eigenvalue weighted by Gasteiger charge is 2.35. The molecule has 146 valence electrons. The number of piperazine rings is 1. The summed E-state index contributed by atoms with van der Waals surface area (Å²) in [6, 6.07) is 8.88. The third-order valence-electron chi connectivity index (χ3n) is 4.33. The topological polar surface area (TPSA) is 23.6 Å². The van der Waals surface area contributed by atoms with Crippen LogP contribution in [-0.2, 0) is 11.0 Å². The predicted octanol–water partition coefficient (Wildman–Crippen LogP) is 4.20. The van der Waals surface area contributed by atoms with Gasteiger partial charge in [0.05, 0.1) is 11.3 Å². The fraction of sp³-hybridized carbons (Fsp3) is 0.250. The third-order valence-corrected chi connectivity index (χ3v) is 4.57. The highest BCUT2D eigenvalue weighted by atomic mass is 35.5. The predicted molar refractivity (Wildman–Crippen MR) is 98.5 cm³/mol. The number of alkyl halides is 3. The number of benzene rings is 2. The van der Waals surface area contributed by atoms with Gasteiger partial charge in [-0.3, -0.25) is 4.79 Å². The zero-order chi connectivity index (χ0) is 20.3. The fourth-order valence-electron chi connectivity index (χ4n) is 2.89. The molecule has 28 heavy (non-hydrogen) atoms. The van der Waals surface area contributed by atoms with E-state index in [2.05, 4.69) is 11.8 Å². The molecule has 0 saturated carbocycles. The van der Waals surface area contributed by atoms with Crippen molar-refractivity contribution in [2.45, 2.75) is 6.18 Å². The Balaban J connectivity index is 1.68. The molecule has 0 atom stereocenters. The number of rotatable bonds is 1. The Morgan fingerprint density at radius 2 is 1.64 bits per heavy atom. The quantitative estimate of drug-likeness (QED) is 0.519. The lowest BCUT2D eigenvalue weighted by molar-refractivity contribution is -0.137. The first kappa shape index (κ1) is 20.0. The second kappa shape index (κ2) is 8.11. The van der Waals surface area contributed by atoms with E-state index in [0.717, 1.165) is 6.07 Å². The van der Waals surface area contributed by atoms with E-state index in [1.54, 1.807) is 4.90 Å². The van der Waals surface area contributed by atoms with Crippen LogP contribution in [0.3, 0.4) is 0 Å². The number of carbonyl (C=O) groups is 1. The molecule has 1 amide bonds. The van der Waals surface area contributed by atoms with Crippen molar-refractivity contribution in [2.24, 2.45) is 0 Å². The molecule has 8 heteroatoms. The normalized spacial score (nSPS) is 14.5. The molecule has 0 spiro atoms. The number of halogens is 5. The van der Waals surface area contributed by atoms with Crippen LogP contribution in [0.4, 0.5) is 23.2 Å². The van der Waals surface area contributed by atoms with E-state index in [4.69, 9.17) is 11.6 Å². The van der Waals surface area contributed by atoms with Gasteiger partial charge in [-0.05, 0) is 42.5 Å². The minimum atomic E-state index is -4.49. The molecule has 0 aromatic heterocycles. The Hall–Kier alpha value is -2.72. The van der Waals surface area contributed by atoms with E-state index < -0.39 is 23.5 Å². The molecule has 3 rings (SSSR count). The number of anilines is 1. The summed E-state index contributed by atoms with van der Waals surface area (Å²) in [6.07, 6.45) is -4.49. The van der Waals surface area contributed by atoms with Crippen LogP contribution in [0.1, 0.15) is 11.1 Å². The Morgan fingerprint density at radius 3 is 2.25 bits per heavy atom. The number of carbonyl (C=O) groups excluding carboxylic acids is 1. The van der Waals surface area contributed by atoms with Gasteiger partial charge >= 0.3 is 6.18 Å². The number of hydrogen-bond donors (Lipinski definition) is 0. The maximum absolute atomic E-state index is 13.3. The molecule has 1 fully saturated rings. The van der Waals surface area contributed by atoms with Crippen molar-refractivity contribution in [3.63, 3.8) is 0 Å². The van der Waals surface area contributed by atoms with Gasteiger partial charge in [-0.1, -0.05) is 17.5 Å². The van der Waals surface area contributed by atoms with Crippen LogP contribution >= 0.6 is 11.6 Å². The standard InChI is InChI=1S/C20H15ClF4N2O/c21-15-4-7-17(20(23,24)25)18(13-15)26-9-11-27(12-10-26)19(28)8-3-14-1-5-16(22)6-2-14/h1-2,4-7,13H,9-12H2. The van der Waals surface area contributed by atoms with Gasteiger partial charge in [0.15, 0.2) is 0 Å². The fourth-order valence-corrected chi connectivity index (χ4v) is 3.06. The van der Waals surface area contributed by atoms with Gasteiger partial charge in [0.25, 0.3) is 5.91 Å². The average Bonchev–Trinajstić information content (AvgIpc) is 2.66. The molecule has 0 radical (unpaired) electrons. The van der Waals surface area contributed by atoms with Crippen molar-refractivity contribution in [1.29, 1.82) is 0 Å². The second-order valence-electron chi connectivity index (χ2n) is 6.20. The Bertz CT molecular complexity index is 924. The summed E-state index contributed by atoms with van der Waals surface area (Å²) < 4.78 is 52.6. The Labute approximate surface area is 164 Å². The Kier molecular flexibility index (Phi) is 5.80. The van der Waals surface area contributed by atoms with E-state index in [1.165, 1.54) is 41.3 Å². The lowest BCUT2D eigenvalue weighted by Crippen LogP contribution is -2.48. The maximum Gasteiger partial charge on any atom is 0.418 e. The van der Waals surface area contributed by atoms with E-state index in [1.807, 2.05) is 0 Å². The summed E-state index contributed by atoms with van der Waals surface area (Å²) in [5, 5.41) is 0.215. The lowest BCUT2D eigenvalue weighted by atomic mass is 10.1. The first-order valence-corrected chi connectivity index (χ1v) is 8.80. The summed E-state index contributed by atoms with van der Waals surface area (Å²) in [7, 11) is 0. The summed E-state index contributed by atoms with van der Waals surface area (Å²) in [5.41, 5.74) is -0.251. The van der Waals surface area contributed by atoms with Crippen LogP contribution < -0.4 is 4.90 Å². The summed E-state index contributed by atoms with van der Waals surface area (Å²) >= 11 is 5.87. The molecule has 2 aromatic rings. The number of amides is 1. The van der Waals surface area contributed by atoms with E-state index in [9.17, 15) is 22.4 Å². The van der Waals surface area contributed by atoms with Gasteiger partial charge in [0.1, 0.15) is 5.82 Å². The summed E-state index contributed by atoms with van der Waals surface area (Å²) in [4.78, 5) is 15.3. The van der Waals surface area contributed by atoms with Gasteiger partial charge < -0.3 is 9.80 Å². The SMILES string of the molecule is O=C(C#Cc1ccc(F)cc1)N1CCN(c2cc(Cl)ccc2C(F)(F)F)CC1. The van der Waals surface area contributed by atoms with Crippen LogP contribution in [0.15, 0.2) is 42.5 Å². The van der Waals surface area contributed by atoms with Crippen molar-refractivity contribution in [2.75, 3.05) is 31.1 Å². The molecule has 1 heterocycles. The maximum atomic E-state index is 13.3. The Morgan fingerprint density at radius 1 is 1.00 bits per heavy atom. The second-order valence-corrected chi connectivity index (χ2v) is 6.63. The monoisotopic (exact) mass is 410 g/mol. The zero-order valence-corrected chi connectivity index (χ0v) is 15.3. The van der Waals surface area contributed by atoms with Crippen molar-refractivity contribution in [1.82, 2.24) is 4.90 Å². The van der Waals surface area contributed by atoms with Gasteiger partial charge in [0, 0.05) is 42.7 Å². The molecule has 0 N–H and O–H groups in total. The van der Waals surface area contributed by atoms with Gasteiger partial charge in [-0.25, -0.2) is 4.39 Å². The van der Waals surface area contributed by atoms with Crippen LogP contribution in [0.5, 0.6) is 0 Å². The van der Waals surface area contributed by atoms with Gasteiger partial charge in [0.2, 0.25) is 0 Å². The molecule has 1 aliphatic rings. The number of hydrogen-bond acceptors (Lipinski definition) is 2. The smallest absolute Gasteiger partial charge is 0.367 e. The van der Waals surface area contributed by atoms with Crippen LogP contribution in [0, 0.1) is 17.7 Å². The highest BCUT2D eigenvalue weighted by Crippen LogP contribution is 2.38. The van der Waals surface area contributed by atoms with Gasteiger partial charge in [-0.2, -0.15) is 13.2 Å². The summed E-state index contributed by atoms with van der Waals surface area (Å²) in [5.74, 6) is 4.32. The van der Waals surface area contributed by atoms with Crippen molar-refractivity contribution >= 4 is 23.2 Å². The van der Waals surface area contributed by atoms with E-state index in [-0.39, 0.29) is 36.9 Å². The summed E-state index contributed by atoms with van der Waals surface area (Å²) in [6.45, 7) is 0.933. The van der Waals surface area contributed by atoms with Gasteiger partial charge in [-0.15, -0.1) is 0 Å². The first-order valence-electron chi connectivity index (χ1n) is 8.42. The number of nitrogens with zero attached hydrogens (tertiary/aromatic N) is 2. The molecular weight excluding hydrogens is 396 g/mol. The van der Waals surface area contributed by atoms with Crippen LogP contribution in [0.2, 0.25) is 5.02 Å². The molecule has 0 bridgehead atoms. The minimum absolute atomic E-state index is 0.00416. The molecule has 2 aromatic carbocycles. The lowest BCUT2D eigenvalue weighted by Gasteiger charge is -2.36. The van der Waals surface area contributed by atoms with Crippen molar-refractivity contribution in [3.05, 3.63) is 64.4 Å². The first-order chi connectivity index (χ1) is 13.2. The molecule has 1 aliphatic heterocycles.